The fourth-order valence-electron chi connectivity index (χ4n) is 0.966. The van der Waals surface area contributed by atoms with Crippen LogP contribution in [0.1, 0.15) is 0 Å². The summed E-state index contributed by atoms with van der Waals surface area (Å²) in [6, 6.07) is 0. The van der Waals surface area contributed by atoms with E-state index >= 15 is 0 Å². The van der Waals surface area contributed by atoms with Gasteiger partial charge in [-0.1, -0.05) is 0 Å². The van der Waals surface area contributed by atoms with E-state index in [2.05, 4.69) is 9.98 Å². The molecule has 0 spiro atoms. The molecule has 0 aliphatic carbocycles. The fourth-order valence-corrected chi connectivity index (χ4v) is 2.00. The highest BCUT2D eigenvalue weighted by atomic mass is 32.2. The van der Waals surface area contributed by atoms with Gasteiger partial charge in [-0.25, -0.2) is 0 Å². The maximum Gasteiger partial charge on any atom is 0.0827 e. The van der Waals surface area contributed by atoms with Gasteiger partial charge in [-0.15, -0.1) is 0 Å². The zero-order valence-corrected chi connectivity index (χ0v) is 6.54. The summed E-state index contributed by atoms with van der Waals surface area (Å²) < 4.78 is 11.2. The molecule has 1 unspecified atom stereocenters. The molecule has 3 nitrogen and oxygen atoms in total. The van der Waals surface area contributed by atoms with E-state index in [4.69, 9.17) is 0 Å². The first kappa shape index (κ1) is 6.67. The van der Waals surface area contributed by atoms with Gasteiger partial charge in [0.25, 0.3) is 0 Å². The Kier molecular flexibility index (Phi) is 1.54. The van der Waals surface area contributed by atoms with E-state index < -0.39 is 10.8 Å². The lowest BCUT2D eigenvalue weighted by Crippen LogP contribution is -1.89. The normalized spacial score (nSPS) is 27.5. The summed E-state index contributed by atoms with van der Waals surface area (Å²) in [4.78, 5) is 8.70. The van der Waals surface area contributed by atoms with E-state index in [1.54, 1.807) is 18.6 Å². The molecule has 0 radical (unpaired) electrons. The van der Waals surface area contributed by atoms with Crippen molar-refractivity contribution in [2.75, 3.05) is 5.75 Å². The van der Waals surface area contributed by atoms with Crippen LogP contribution >= 0.6 is 0 Å². The molecule has 0 aromatic rings. The topological polar surface area (TPSA) is 41.8 Å². The van der Waals surface area contributed by atoms with Crippen molar-refractivity contribution in [2.24, 2.45) is 9.98 Å². The van der Waals surface area contributed by atoms with Crippen LogP contribution in [-0.4, -0.2) is 22.4 Å². The van der Waals surface area contributed by atoms with E-state index in [0.29, 0.717) is 5.75 Å². The molecule has 2 rings (SSSR count). The molecular weight excluding hydrogens is 160 g/mol. The quantitative estimate of drug-likeness (QED) is 0.520. The summed E-state index contributed by atoms with van der Waals surface area (Å²) in [5.74, 6) is 0.577. The standard InChI is InChI=1S/C7H6N2OS/c10-11-4-1-6-7(11)5-8-2-3-9-6/h1-3,5H,4H2. The number of fused-ring (bicyclic) bond motifs is 1. The van der Waals surface area contributed by atoms with Crippen molar-refractivity contribution in [2.45, 2.75) is 0 Å². The molecule has 11 heavy (non-hydrogen) atoms. The molecule has 0 saturated heterocycles. The first-order valence-corrected chi connectivity index (χ1v) is 4.55. The number of hydrogen-bond acceptors (Lipinski definition) is 3. The van der Waals surface area contributed by atoms with Crippen LogP contribution < -0.4 is 0 Å². The molecule has 0 bridgehead atoms. The molecule has 1 atom stereocenters. The Balaban J connectivity index is 2.49. The summed E-state index contributed by atoms with van der Waals surface area (Å²) in [6.07, 6.45) is 6.68. The van der Waals surface area contributed by atoms with Gasteiger partial charge in [-0.2, -0.15) is 0 Å². The Morgan fingerprint density at radius 2 is 2.36 bits per heavy atom. The molecule has 0 aromatic carbocycles. The van der Waals surface area contributed by atoms with Crippen LogP contribution in [0.4, 0.5) is 0 Å². The highest BCUT2D eigenvalue weighted by Crippen LogP contribution is 2.23. The Morgan fingerprint density at radius 1 is 1.45 bits per heavy atom. The second kappa shape index (κ2) is 2.54. The van der Waals surface area contributed by atoms with E-state index in [-0.39, 0.29) is 0 Å². The lowest BCUT2D eigenvalue weighted by molar-refractivity contribution is 0.689. The van der Waals surface area contributed by atoms with Crippen molar-refractivity contribution >= 4 is 23.2 Å². The average molecular weight is 166 g/mol. The molecular formula is C7H6N2OS. The van der Waals surface area contributed by atoms with Crippen molar-refractivity contribution in [3.8, 4) is 0 Å². The number of hydrogen-bond donors (Lipinski definition) is 0. The molecule has 0 aromatic heterocycles. The molecule has 2 heterocycles. The van der Waals surface area contributed by atoms with Crippen molar-refractivity contribution in [3.05, 3.63) is 22.9 Å². The molecule has 0 fully saturated rings. The summed E-state index contributed by atoms with van der Waals surface area (Å²) in [6.45, 7) is 0. The summed E-state index contributed by atoms with van der Waals surface area (Å²) in [5.41, 5.74) is 0.806. The Morgan fingerprint density at radius 3 is 3.27 bits per heavy atom. The second-order valence-corrected chi connectivity index (χ2v) is 3.64. The number of aliphatic imine (C=N–C) groups is 2. The first-order chi connectivity index (χ1) is 5.38. The van der Waals surface area contributed by atoms with Crippen LogP contribution in [0.25, 0.3) is 0 Å². The molecule has 0 amide bonds. The van der Waals surface area contributed by atoms with Gasteiger partial charge in [-0.3, -0.25) is 14.2 Å². The third kappa shape index (κ3) is 1.09. The summed E-state index contributed by atoms with van der Waals surface area (Å²) in [5, 5.41) is 0. The third-order valence-electron chi connectivity index (χ3n) is 1.48. The van der Waals surface area contributed by atoms with Gasteiger partial charge in [0, 0.05) is 24.4 Å². The SMILES string of the molecule is O=S1CC=C2N=CC=NC=C21. The minimum absolute atomic E-state index is 0.577. The second-order valence-electron chi connectivity index (χ2n) is 2.17. The minimum Gasteiger partial charge on any atom is -0.262 e. The zero-order valence-electron chi connectivity index (χ0n) is 5.73. The average Bonchev–Trinajstić information content (AvgIpc) is 2.25. The highest BCUT2D eigenvalue weighted by molar-refractivity contribution is 7.89. The van der Waals surface area contributed by atoms with Crippen molar-refractivity contribution in [3.63, 3.8) is 0 Å². The maximum atomic E-state index is 11.2. The molecule has 2 aliphatic heterocycles. The Labute approximate surface area is 66.7 Å². The molecule has 0 N–H and O–H groups in total. The van der Waals surface area contributed by atoms with Gasteiger partial charge in [0.2, 0.25) is 0 Å². The third-order valence-corrected chi connectivity index (χ3v) is 2.76. The van der Waals surface area contributed by atoms with Crippen LogP contribution in [0.15, 0.2) is 32.9 Å². The van der Waals surface area contributed by atoms with Crippen LogP contribution in [0.3, 0.4) is 0 Å². The largest absolute Gasteiger partial charge is 0.262 e. The highest BCUT2D eigenvalue weighted by Gasteiger charge is 2.18. The van der Waals surface area contributed by atoms with Crippen LogP contribution in [0, 0.1) is 0 Å². The first-order valence-electron chi connectivity index (χ1n) is 3.23. The van der Waals surface area contributed by atoms with Gasteiger partial charge in [-0.05, 0) is 6.08 Å². The van der Waals surface area contributed by atoms with Crippen LogP contribution in [-0.2, 0) is 10.8 Å². The van der Waals surface area contributed by atoms with E-state index in [9.17, 15) is 4.21 Å². The summed E-state index contributed by atoms with van der Waals surface area (Å²) in [7, 11) is -0.909. The van der Waals surface area contributed by atoms with Gasteiger partial charge in [0.05, 0.1) is 21.4 Å². The smallest absolute Gasteiger partial charge is 0.0827 e. The molecule has 2 aliphatic rings. The van der Waals surface area contributed by atoms with E-state index in [1.807, 2.05) is 6.08 Å². The van der Waals surface area contributed by atoms with Crippen molar-refractivity contribution in [1.29, 1.82) is 0 Å². The Hall–Kier alpha value is -1.03. The predicted molar refractivity (Wildman–Crippen MR) is 46.2 cm³/mol. The van der Waals surface area contributed by atoms with Crippen molar-refractivity contribution in [1.82, 2.24) is 0 Å². The Bertz CT molecular complexity index is 325. The maximum absolute atomic E-state index is 11.2. The van der Waals surface area contributed by atoms with E-state index in [1.165, 1.54) is 0 Å². The lowest BCUT2D eigenvalue weighted by atomic mass is 10.4. The minimum atomic E-state index is -0.909. The van der Waals surface area contributed by atoms with E-state index in [0.717, 1.165) is 10.6 Å². The monoisotopic (exact) mass is 166 g/mol. The molecule has 56 valence electrons. The lowest BCUT2D eigenvalue weighted by Gasteiger charge is -1.92. The molecule has 4 heteroatoms. The predicted octanol–water partition coefficient (Wildman–Crippen LogP) is 0.629. The van der Waals surface area contributed by atoms with Gasteiger partial charge in [0.15, 0.2) is 0 Å². The zero-order chi connectivity index (χ0) is 7.68. The van der Waals surface area contributed by atoms with Crippen LogP contribution in [0.2, 0.25) is 0 Å². The van der Waals surface area contributed by atoms with Gasteiger partial charge >= 0.3 is 0 Å². The summed E-state index contributed by atoms with van der Waals surface area (Å²) >= 11 is 0. The fraction of sp³-hybridized carbons (Fsp3) is 0.143. The van der Waals surface area contributed by atoms with Gasteiger partial charge in [0.1, 0.15) is 0 Å². The molecule has 0 saturated carbocycles. The van der Waals surface area contributed by atoms with Gasteiger partial charge < -0.3 is 0 Å². The number of nitrogens with zero attached hydrogens (tertiary/aromatic N) is 2. The number of rotatable bonds is 0. The van der Waals surface area contributed by atoms with Crippen LogP contribution in [0.5, 0.6) is 0 Å². The van der Waals surface area contributed by atoms with Crippen molar-refractivity contribution < 1.29 is 4.21 Å².